The zero-order valence-corrected chi connectivity index (χ0v) is 24.4. The normalized spacial score (nSPS) is 11.6. The molecule has 3 heterocycles. The Balaban J connectivity index is 1.80. The SMILES string of the molecule is COCCC(CCOC)(C(=O)O)c1cccc(COc2nc(N)nc(-c3ccc(F)cc3)c2-c2cc(C)nc(C(F)F)c2)n1. The molecule has 0 amide bonds. The van der Waals surface area contributed by atoms with Crippen LogP contribution < -0.4 is 10.5 Å². The molecule has 232 valence electrons. The lowest BCUT2D eigenvalue weighted by atomic mass is 9.78. The number of carboxylic acid groups (broad SMARTS) is 1. The summed E-state index contributed by atoms with van der Waals surface area (Å²) in [5.41, 5.74) is 6.36. The first-order valence-electron chi connectivity index (χ1n) is 13.6. The molecule has 4 rings (SSSR count). The Morgan fingerprint density at radius 1 is 0.955 bits per heavy atom. The maximum absolute atomic E-state index is 13.8. The Kier molecular flexibility index (Phi) is 10.4. The van der Waals surface area contributed by atoms with Crippen LogP contribution in [0.15, 0.2) is 54.6 Å². The highest BCUT2D eigenvalue weighted by Gasteiger charge is 2.41. The molecule has 3 aromatic heterocycles. The van der Waals surface area contributed by atoms with E-state index in [9.17, 15) is 23.1 Å². The third-order valence-corrected chi connectivity index (χ3v) is 7.03. The quantitative estimate of drug-likeness (QED) is 0.187. The van der Waals surface area contributed by atoms with Crippen LogP contribution in [-0.4, -0.2) is 58.4 Å². The fourth-order valence-corrected chi connectivity index (χ4v) is 4.81. The topological polar surface area (TPSA) is 143 Å². The molecule has 0 saturated carbocycles. The third-order valence-electron chi connectivity index (χ3n) is 7.03. The Morgan fingerprint density at radius 2 is 1.64 bits per heavy atom. The first-order chi connectivity index (χ1) is 21.1. The maximum atomic E-state index is 13.8. The van der Waals surface area contributed by atoms with E-state index in [4.69, 9.17) is 19.9 Å². The number of hydrogen-bond donors (Lipinski definition) is 2. The van der Waals surface area contributed by atoms with Gasteiger partial charge >= 0.3 is 5.97 Å². The van der Waals surface area contributed by atoms with Crippen molar-refractivity contribution in [3.8, 4) is 28.3 Å². The van der Waals surface area contributed by atoms with E-state index in [1.54, 1.807) is 31.2 Å². The minimum absolute atomic E-state index is 0.0434. The number of aliphatic carboxylic acids is 1. The van der Waals surface area contributed by atoms with Crippen LogP contribution >= 0.6 is 0 Å². The molecule has 0 aliphatic heterocycles. The lowest BCUT2D eigenvalue weighted by Gasteiger charge is -2.29. The summed E-state index contributed by atoms with van der Waals surface area (Å²) in [5, 5.41) is 10.3. The van der Waals surface area contributed by atoms with Crippen LogP contribution in [0.1, 0.15) is 42.0 Å². The molecule has 0 radical (unpaired) electrons. The highest BCUT2D eigenvalue weighted by Crippen LogP contribution is 2.39. The van der Waals surface area contributed by atoms with Crippen LogP contribution in [-0.2, 0) is 26.3 Å². The van der Waals surface area contributed by atoms with Crippen LogP contribution in [0, 0.1) is 12.7 Å². The summed E-state index contributed by atoms with van der Waals surface area (Å²) in [4.78, 5) is 29.7. The molecule has 1 aromatic carbocycles. The van der Waals surface area contributed by atoms with Gasteiger partial charge in [0, 0.05) is 38.7 Å². The van der Waals surface area contributed by atoms with E-state index in [2.05, 4.69) is 19.9 Å². The number of halogens is 3. The number of pyridine rings is 2. The van der Waals surface area contributed by atoms with Gasteiger partial charge in [0.1, 0.15) is 23.5 Å². The number of carbonyl (C=O) groups is 1. The monoisotopic (exact) mass is 611 g/mol. The number of methoxy groups -OCH3 is 2. The van der Waals surface area contributed by atoms with E-state index < -0.39 is 29.3 Å². The second-order valence-electron chi connectivity index (χ2n) is 10.0. The van der Waals surface area contributed by atoms with Gasteiger partial charge in [-0.3, -0.25) is 14.8 Å². The van der Waals surface area contributed by atoms with Crippen molar-refractivity contribution < 1.29 is 37.3 Å². The Hall–Kier alpha value is -4.62. The molecule has 0 bridgehead atoms. The highest BCUT2D eigenvalue weighted by molar-refractivity contribution is 5.85. The first kappa shape index (κ1) is 32.3. The number of anilines is 1. The summed E-state index contributed by atoms with van der Waals surface area (Å²) in [5.74, 6) is -1.77. The van der Waals surface area contributed by atoms with Crippen molar-refractivity contribution in [2.45, 2.75) is 38.2 Å². The fraction of sp³-hybridized carbons (Fsp3) is 0.323. The average Bonchev–Trinajstić information content (AvgIpc) is 3.00. The van der Waals surface area contributed by atoms with Gasteiger partial charge in [0.25, 0.3) is 6.43 Å². The van der Waals surface area contributed by atoms with Crippen molar-refractivity contribution in [1.82, 2.24) is 19.9 Å². The summed E-state index contributed by atoms with van der Waals surface area (Å²) < 4.78 is 57.7. The Morgan fingerprint density at radius 3 is 2.25 bits per heavy atom. The van der Waals surface area contributed by atoms with Crippen LogP contribution in [0.4, 0.5) is 19.1 Å². The molecule has 0 saturated heterocycles. The highest BCUT2D eigenvalue weighted by atomic mass is 19.3. The van der Waals surface area contributed by atoms with Crippen molar-refractivity contribution >= 4 is 11.9 Å². The maximum Gasteiger partial charge on any atom is 0.315 e. The van der Waals surface area contributed by atoms with Crippen LogP contribution in [0.25, 0.3) is 22.4 Å². The van der Waals surface area contributed by atoms with Gasteiger partial charge in [-0.1, -0.05) is 6.07 Å². The minimum Gasteiger partial charge on any atom is -0.481 e. The van der Waals surface area contributed by atoms with Crippen LogP contribution in [0.3, 0.4) is 0 Å². The summed E-state index contributed by atoms with van der Waals surface area (Å²) in [6.45, 7) is 1.75. The van der Waals surface area contributed by atoms with Crippen LogP contribution in [0.2, 0.25) is 0 Å². The van der Waals surface area contributed by atoms with E-state index in [1.165, 1.54) is 44.6 Å². The van der Waals surface area contributed by atoms with Crippen LogP contribution in [0.5, 0.6) is 5.88 Å². The summed E-state index contributed by atoms with van der Waals surface area (Å²) in [7, 11) is 2.97. The van der Waals surface area contributed by atoms with Gasteiger partial charge in [0.05, 0.1) is 22.6 Å². The number of aromatic nitrogens is 4. The summed E-state index contributed by atoms with van der Waals surface area (Å²) in [6, 6.07) is 13.1. The molecule has 3 N–H and O–H groups in total. The molecule has 0 unspecified atom stereocenters. The smallest absolute Gasteiger partial charge is 0.315 e. The van der Waals surface area contributed by atoms with Crippen molar-refractivity contribution in [2.75, 3.05) is 33.2 Å². The molecule has 0 spiro atoms. The number of nitrogens with two attached hydrogens (primary N) is 1. The number of alkyl halides is 2. The second-order valence-corrected chi connectivity index (χ2v) is 10.0. The lowest BCUT2D eigenvalue weighted by Crippen LogP contribution is -2.39. The molecule has 0 aliphatic carbocycles. The number of aryl methyl sites for hydroxylation is 1. The van der Waals surface area contributed by atoms with Gasteiger partial charge in [-0.25, -0.2) is 18.2 Å². The van der Waals surface area contributed by atoms with E-state index in [0.717, 1.165) is 0 Å². The number of rotatable bonds is 14. The van der Waals surface area contributed by atoms with Gasteiger partial charge in [-0.2, -0.15) is 4.98 Å². The first-order valence-corrected chi connectivity index (χ1v) is 13.6. The van der Waals surface area contributed by atoms with Gasteiger partial charge in [0.2, 0.25) is 11.8 Å². The van der Waals surface area contributed by atoms with E-state index in [1.807, 2.05) is 0 Å². The number of carboxylic acids is 1. The molecule has 10 nitrogen and oxygen atoms in total. The van der Waals surface area contributed by atoms with Gasteiger partial charge < -0.3 is 25.1 Å². The minimum atomic E-state index is -2.85. The van der Waals surface area contributed by atoms with Crippen molar-refractivity contribution in [1.29, 1.82) is 0 Å². The average molecular weight is 612 g/mol. The number of benzene rings is 1. The van der Waals surface area contributed by atoms with Gasteiger partial charge in [0.15, 0.2) is 0 Å². The number of nitrogens with zero attached hydrogens (tertiary/aromatic N) is 4. The predicted molar refractivity (Wildman–Crippen MR) is 156 cm³/mol. The zero-order chi connectivity index (χ0) is 31.9. The van der Waals surface area contributed by atoms with Crippen molar-refractivity contribution in [3.63, 3.8) is 0 Å². The molecule has 0 fully saturated rings. The molecule has 44 heavy (non-hydrogen) atoms. The largest absolute Gasteiger partial charge is 0.481 e. The standard InChI is InChI=1S/C31H32F3N5O5/c1-18-15-20(16-23(36-18)27(33)34)25-26(19-7-9-21(32)10-8-19)38-30(35)39-28(25)44-17-22-5-4-6-24(37-22)31(29(40)41,11-13-42-2)12-14-43-3/h4-10,15-16,27H,11-14,17H2,1-3H3,(H,40,41)(H2,35,38,39). The predicted octanol–water partition coefficient (Wildman–Crippen LogP) is 5.54. The Labute approximate surface area is 252 Å². The molecule has 4 aromatic rings. The number of hydrogen-bond acceptors (Lipinski definition) is 9. The van der Waals surface area contributed by atoms with Gasteiger partial charge in [-0.05, 0) is 73.9 Å². The zero-order valence-electron chi connectivity index (χ0n) is 24.4. The fourth-order valence-electron chi connectivity index (χ4n) is 4.81. The molecular weight excluding hydrogens is 579 g/mol. The number of nitrogen functional groups attached to an aromatic ring is 1. The Bertz CT molecular complexity index is 1600. The second kappa shape index (κ2) is 14.2. The molecule has 0 aliphatic rings. The van der Waals surface area contributed by atoms with E-state index in [0.29, 0.717) is 22.6 Å². The number of ether oxygens (including phenoxy) is 3. The molecular formula is C31H32F3N5O5. The molecule has 0 atom stereocenters. The van der Waals surface area contributed by atoms with E-state index in [-0.39, 0.29) is 61.3 Å². The van der Waals surface area contributed by atoms with Crippen molar-refractivity contribution in [3.05, 3.63) is 83.2 Å². The summed E-state index contributed by atoms with van der Waals surface area (Å²) in [6.07, 6.45) is -2.54. The summed E-state index contributed by atoms with van der Waals surface area (Å²) >= 11 is 0. The lowest BCUT2D eigenvalue weighted by molar-refractivity contribution is -0.145. The van der Waals surface area contributed by atoms with Crippen molar-refractivity contribution in [2.24, 2.45) is 0 Å². The van der Waals surface area contributed by atoms with Gasteiger partial charge in [-0.15, -0.1) is 0 Å². The third kappa shape index (κ3) is 7.29. The van der Waals surface area contributed by atoms with E-state index >= 15 is 0 Å². The molecule has 13 heteroatoms.